The van der Waals surface area contributed by atoms with E-state index < -0.39 is 39.6 Å². The number of β-amino-alcohol motifs (C(OH)–C–C–N with tert-alkyl or cyclic N) is 1. The molecule has 5 heterocycles. The Kier molecular flexibility index (Phi) is 10.1. The van der Waals surface area contributed by atoms with Crippen LogP contribution < -0.4 is 15.2 Å². The van der Waals surface area contributed by atoms with Crippen LogP contribution >= 0.6 is 22.9 Å². The molecule has 1 saturated heterocycles. The van der Waals surface area contributed by atoms with E-state index in [-0.39, 0.29) is 59.8 Å². The van der Waals surface area contributed by atoms with Gasteiger partial charge in [0, 0.05) is 72.3 Å². The summed E-state index contributed by atoms with van der Waals surface area (Å²) in [6.07, 6.45) is 2.90. The highest BCUT2D eigenvalue weighted by molar-refractivity contribution is 7.89. The number of pyridine rings is 2. The monoisotopic (exact) mass is 806 g/mol. The lowest BCUT2D eigenvalue weighted by Crippen LogP contribution is -2.60. The molecule has 1 aliphatic heterocycles. The fourth-order valence-corrected chi connectivity index (χ4v) is 8.88. The molecule has 1 saturated carbocycles. The van der Waals surface area contributed by atoms with E-state index in [0.29, 0.717) is 50.7 Å². The average molecular weight is 807 g/mol. The number of hydrogen-bond donors (Lipinski definition) is 2. The van der Waals surface area contributed by atoms with Gasteiger partial charge in [-0.15, -0.1) is 11.3 Å². The van der Waals surface area contributed by atoms with Crippen LogP contribution in [0.2, 0.25) is 5.02 Å². The van der Waals surface area contributed by atoms with Crippen molar-refractivity contribution >= 4 is 65.8 Å². The third-order valence-electron chi connectivity index (χ3n) is 9.99. The summed E-state index contributed by atoms with van der Waals surface area (Å²) in [6.45, 7) is 2.25. The Balaban J connectivity index is 1.18. The van der Waals surface area contributed by atoms with E-state index in [9.17, 15) is 37.2 Å². The lowest BCUT2D eigenvalue weighted by molar-refractivity contribution is -0.134. The number of thiophene rings is 1. The number of carbonyl (C=O) groups excluding carboxylic acids is 1. The van der Waals surface area contributed by atoms with E-state index in [2.05, 4.69) is 32.9 Å². The molecule has 5 aromatic rings. The third kappa shape index (κ3) is 7.50. The van der Waals surface area contributed by atoms with Crippen LogP contribution in [0.5, 0.6) is 0 Å². The smallest absolute Gasteiger partial charge is 0.267 e. The predicted octanol–water partition coefficient (Wildman–Crippen LogP) is 4.31. The summed E-state index contributed by atoms with van der Waals surface area (Å²) < 4.78 is 54.3. The second-order valence-electron chi connectivity index (χ2n) is 13.7. The van der Waals surface area contributed by atoms with Gasteiger partial charge in [-0.2, -0.15) is 5.26 Å². The summed E-state index contributed by atoms with van der Waals surface area (Å²) in [6, 6.07) is 8.20. The van der Waals surface area contributed by atoms with Crippen molar-refractivity contribution in [3.05, 3.63) is 79.9 Å². The molecule has 1 aliphatic carbocycles. The number of carbonyl (C=O) groups is 1. The van der Waals surface area contributed by atoms with E-state index in [0.717, 1.165) is 6.26 Å². The van der Waals surface area contributed by atoms with Gasteiger partial charge >= 0.3 is 0 Å². The molecule has 0 bridgehead atoms. The van der Waals surface area contributed by atoms with E-state index >= 15 is 0 Å². The molecule has 1 aromatic carbocycles. The number of nitriles is 1. The van der Waals surface area contributed by atoms with Crippen molar-refractivity contribution in [2.45, 2.75) is 56.8 Å². The molecule has 18 heteroatoms. The Hall–Kier alpha value is -5.04. The summed E-state index contributed by atoms with van der Waals surface area (Å²) in [5, 5.41) is 23.4. The number of fused-ring (bicyclic) bond motifs is 2. The zero-order valence-corrected chi connectivity index (χ0v) is 32.1. The first kappa shape index (κ1) is 38.2. The summed E-state index contributed by atoms with van der Waals surface area (Å²) in [7, 11) is -2.12. The van der Waals surface area contributed by atoms with E-state index in [4.69, 9.17) is 11.6 Å². The first-order valence-corrected chi connectivity index (χ1v) is 20.2. The predicted molar refractivity (Wildman–Crippen MR) is 205 cm³/mol. The Morgan fingerprint density at radius 3 is 2.69 bits per heavy atom. The average Bonchev–Trinajstić information content (AvgIpc) is 3.56. The first-order chi connectivity index (χ1) is 26.0. The van der Waals surface area contributed by atoms with E-state index in [1.165, 1.54) is 33.7 Å². The maximum atomic E-state index is 14.1. The summed E-state index contributed by atoms with van der Waals surface area (Å²) in [4.78, 5) is 43.7. The van der Waals surface area contributed by atoms with Gasteiger partial charge in [0.25, 0.3) is 17.4 Å². The molecule has 0 radical (unpaired) electrons. The molecule has 13 nitrogen and oxygen atoms in total. The quantitative estimate of drug-likeness (QED) is 0.225. The van der Waals surface area contributed by atoms with Crippen molar-refractivity contribution in [2.24, 2.45) is 0 Å². The third-order valence-corrected chi connectivity index (χ3v) is 11.8. The summed E-state index contributed by atoms with van der Waals surface area (Å²) in [5.41, 5.74) is 1.95. The van der Waals surface area contributed by atoms with Gasteiger partial charge in [0.1, 0.15) is 23.3 Å². The number of amides is 1. The second kappa shape index (κ2) is 14.6. The van der Waals surface area contributed by atoms with Crippen molar-refractivity contribution in [3.63, 3.8) is 0 Å². The maximum absolute atomic E-state index is 14.1. The van der Waals surface area contributed by atoms with Crippen LogP contribution in [0.25, 0.3) is 32.2 Å². The number of nitrogens with zero attached hydrogens (tertiary/aromatic N) is 7. The van der Waals surface area contributed by atoms with Gasteiger partial charge in [-0.05, 0) is 37.6 Å². The molecule has 284 valence electrons. The Labute approximate surface area is 323 Å². The normalized spacial score (nSPS) is 18.7. The lowest BCUT2D eigenvalue weighted by Gasteiger charge is -2.48. The standard InChI is InChI=1S/C37H33ClF2N8O5S2/c1-20-44-28-17-43-34(46(2)29-9-12-47(18-30(29)49)23-14-37(39,40)15-23)26(16-41)31(28)36(51)48(20)11-4-5-21-6-7-22(38)13-25(21)24-8-10-42-32-27(19-54-33(24)32)35(50)45-55(3,52)53/h6-8,10,13,17,19,23,29-30,49H,9,11-12,14-15,18H2,1-3H3,(H,45,50)/t29-,30+/m1/s1. The lowest BCUT2D eigenvalue weighted by atomic mass is 9.85. The van der Waals surface area contributed by atoms with Gasteiger partial charge in [0.2, 0.25) is 10.0 Å². The molecule has 1 amide bonds. The number of halogens is 3. The maximum Gasteiger partial charge on any atom is 0.267 e. The van der Waals surface area contributed by atoms with Crippen molar-refractivity contribution in [1.82, 2.24) is 29.1 Å². The van der Waals surface area contributed by atoms with Gasteiger partial charge in [-0.25, -0.2) is 31.9 Å². The van der Waals surface area contributed by atoms with Gasteiger partial charge in [-0.3, -0.25) is 24.0 Å². The highest BCUT2D eigenvalue weighted by Crippen LogP contribution is 2.42. The van der Waals surface area contributed by atoms with Gasteiger partial charge in [-0.1, -0.05) is 23.4 Å². The molecule has 7 rings (SSSR count). The number of aryl methyl sites for hydroxylation is 1. The van der Waals surface area contributed by atoms with Crippen LogP contribution in [0.3, 0.4) is 0 Å². The van der Waals surface area contributed by atoms with Crippen molar-refractivity contribution in [3.8, 4) is 29.0 Å². The minimum atomic E-state index is -3.80. The van der Waals surface area contributed by atoms with Gasteiger partial charge < -0.3 is 10.0 Å². The zero-order chi connectivity index (χ0) is 39.4. The highest BCUT2D eigenvalue weighted by atomic mass is 35.5. The molecule has 0 spiro atoms. The van der Waals surface area contributed by atoms with Crippen LogP contribution in [0.15, 0.2) is 46.8 Å². The van der Waals surface area contributed by atoms with Crippen molar-refractivity contribution in [2.75, 3.05) is 31.3 Å². The van der Waals surface area contributed by atoms with Crippen molar-refractivity contribution in [1.29, 1.82) is 5.26 Å². The fraction of sp³-hybridized carbons (Fsp3) is 0.351. The first-order valence-electron chi connectivity index (χ1n) is 17.1. The van der Waals surface area contributed by atoms with Crippen LogP contribution in [-0.4, -0.2) is 94.4 Å². The van der Waals surface area contributed by atoms with Gasteiger partial charge in [0.15, 0.2) is 0 Å². The number of piperidine rings is 1. The number of sulfonamides is 1. The largest absolute Gasteiger partial charge is 0.390 e. The number of nitrogens with one attached hydrogen (secondary N) is 1. The SMILES string of the molecule is Cc1nc2cnc(N(C)[C@@H]3CCN(C4CC(F)(F)C4)C[C@@H]3O)c(C#N)c2c(=O)n1CC#Cc1ccc(Cl)cc1-c1ccnc2c(C(=O)NS(C)(=O)=O)csc12. The van der Waals surface area contributed by atoms with Crippen LogP contribution in [0, 0.1) is 30.1 Å². The number of likely N-dealkylation sites (N-methyl/N-ethyl adjacent to an activating group) is 1. The summed E-state index contributed by atoms with van der Waals surface area (Å²) >= 11 is 7.62. The number of aliphatic hydroxyl groups is 1. The van der Waals surface area contributed by atoms with E-state index in [1.807, 2.05) is 9.62 Å². The molecular formula is C37H33ClF2N8O5S2. The minimum absolute atomic E-state index is 0.00491. The number of aromatic nitrogens is 4. The number of aliphatic hydroxyl groups excluding tert-OH is 1. The number of hydrogen-bond acceptors (Lipinski definition) is 12. The number of likely N-dealkylation sites (tertiary alicyclic amines) is 1. The minimum Gasteiger partial charge on any atom is -0.390 e. The van der Waals surface area contributed by atoms with Crippen LogP contribution in [-0.2, 0) is 16.6 Å². The molecule has 0 unspecified atom stereocenters. The van der Waals surface area contributed by atoms with E-state index in [1.54, 1.807) is 43.1 Å². The molecule has 55 heavy (non-hydrogen) atoms. The zero-order valence-electron chi connectivity index (χ0n) is 29.7. The molecule has 4 aromatic heterocycles. The van der Waals surface area contributed by atoms with Gasteiger partial charge in [0.05, 0.1) is 57.8 Å². The highest BCUT2D eigenvalue weighted by Gasteiger charge is 2.49. The molecule has 2 fully saturated rings. The van der Waals surface area contributed by atoms with Crippen molar-refractivity contribution < 1.29 is 27.1 Å². The molecule has 2 aliphatic rings. The van der Waals surface area contributed by atoms with Crippen LogP contribution in [0.1, 0.15) is 46.6 Å². The number of anilines is 1. The molecule has 2 atom stereocenters. The summed E-state index contributed by atoms with van der Waals surface area (Å²) in [5.74, 6) is 3.23. The van der Waals surface area contributed by atoms with Crippen LogP contribution in [0.4, 0.5) is 14.6 Å². The Morgan fingerprint density at radius 2 is 2.00 bits per heavy atom. The molecule has 2 N–H and O–H groups in total. The topological polar surface area (TPSA) is 174 Å². The Bertz CT molecular complexity index is 2660. The number of alkyl halides is 2. The number of benzene rings is 1. The number of rotatable bonds is 7. The molecular weight excluding hydrogens is 774 g/mol. The Morgan fingerprint density at radius 1 is 1.24 bits per heavy atom. The second-order valence-corrected chi connectivity index (χ2v) is 16.8. The fourth-order valence-electron chi connectivity index (χ4n) is 7.23.